The fourth-order valence-electron chi connectivity index (χ4n) is 0.192. The van der Waals surface area contributed by atoms with E-state index < -0.39 is 6.29 Å². The fraction of sp³-hybridized carbons (Fsp3) is 0.750. The highest BCUT2D eigenvalue weighted by molar-refractivity contribution is 4.35. The Kier molecular flexibility index (Phi) is 3.08. The van der Waals surface area contributed by atoms with Crippen molar-refractivity contribution in [3.8, 4) is 0 Å². The summed E-state index contributed by atoms with van der Waals surface area (Å²) in [6, 6.07) is 0. The van der Waals surface area contributed by atoms with Crippen molar-refractivity contribution in [1.82, 2.24) is 0 Å². The summed E-state index contributed by atoms with van der Waals surface area (Å²) in [4.78, 5) is 0. The second-order valence-corrected chi connectivity index (χ2v) is 0.910. The molecule has 6 heavy (non-hydrogen) atoms. The molecule has 2 heteroatoms. The number of hydrogen-bond donors (Lipinski definition) is 1. The molecule has 0 saturated carbocycles. The zero-order valence-electron chi connectivity index (χ0n) is 3.85. The predicted octanol–water partition coefficient (Wildman–Crippen LogP) is 0.175. The fourth-order valence-corrected chi connectivity index (χ4v) is 0.192. The lowest BCUT2D eigenvalue weighted by molar-refractivity contribution is -0.0609. The molecular formula is C4H9O2. The van der Waals surface area contributed by atoms with E-state index in [1.807, 2.05) is 0 Å². The molecule has 2 nitrogen and oxygen atoms in total. The second-order valence-electron chi connectivity index (χ2n) is 0.910. The highest BCUT2D eigenvalue weighted by Gasteiger charge is 1.85. The molecule has 1 unspecified atom stereocenters. The van der Waals surface area contributed by atoms with Crippen molar-refractivity contribution in [2.75, 3.05) is 6.61 Å². The van der Waals surface area contributed by atoms with Crippen LogP contribution >= 0.6 is 0 Å². The van der Waals surface area contributed by atoms with E-state index in [0.717, 1.165) is 0 Å². The Balaban J connectivity index is 2.63. The maximum absolute atomic E-state index is 8.22. The van der Waals surface area contributed by atoms with Gasteiger partial charge in [0, 0.05) is 13.5 Å². The number of rotatable bonds is 2. The molecule has 0 aromatic heterocycles. The van der Waals surface area contributed by atoms with Gasteiger partial charge in [-0.2, -0.15) is 0 Å². The van der Waals surface area contributed by atoms with Crippen LogP contribution in [0.4, 0.5) is 0 Å². The molecular weight excluding hydrogens is 80.0 g/mol. The van der Waals surface area contributed by atoms with Crippen LogP contribution in [0.3, 0.4) is 0 Å². The average molecular weight is 89.1 g/mol. The first-order valence-corrected chi connectivity index (χ1v) is 1.90. The summed E-state index contributed by atoms with van der Waals surface area (Å²) >= 11 is 0. The average Bonchev–Trinajstić information content (AvgIpc) is 1.35. The van der Waals surface area contributed by atoms with Gasteiger partial charge in [-0.3, -0.25) is 0 Å². The van der Waals surface area contributed by atoms with Crippen LogP contribution in [0.25, 0.3) is 0 Å². The first-order valence-electron chi connectivity index (χ1n) is 1.90. The van der Waals surface area contributed by atoms with E-state index in [9.17, 15) is 0 Å². The lowest BCUT2D eigenvalue weighted by Crippen LogP contribution is -2.04. The van der Waals surface area contributed by atoms with Crippen LogP contribution in [0.1, 0.15) is 6.92 Å². The van der Waals surface area contributed by atoms with E-state index >= 15 is 0 Å². The summed E-state index contributed by atoms with van der Waals surface area (Å²) in [6.45, 7) is 5.48. The van der Waals surface area contributed by atoms with Crippen LogP contribution in [0, 0.1) is 6.92 Å². The Bertz CT molecular complexity index is 26.7. The summed E-state index contributed by atoms with van der Waals surface area (Å²) in [5, 5.41) is 8.22. The van der Waals surface area contributed by atoms with Crippen molar-refractivity contribution in [3.63, 3.8) is 0 Å². The van der Waals surface area contributed by atoms with Gasteiger partial charge in [-0.15, -0.1) is 0 Å². The van der Waals surface area contributed by atoms with E-state index in [2.05, 4.69) is 11.7 Å². The Hall–Kier alpha value is -0.0800. The van der Waals surface area contributed by atoms with E-state index in [1.165, 1.54) is 0 Å². The molecule has 0 saturated heterocycles. The Morgan fingerprint density at radius 3 is 2.50 bits per heavy atom. The van der Waals surface area contributed by atoms with Gasteiger partial charge < -0.3 is 9.84 Å². The second kappa shape index (κ2) is 3.12. The van der Waals surface area contributed by atoms with Crippen LogP contribution in [0.15, 0.2) is 0 Å². The van der Waals surface area contributed by atoms with E-state index in [0.29, 0.717) is 6.61 Å². The van der Waals surface area contributed by atoms with Crippen molar-refractivity contribution < 1.29 is 9.84 Å². The number of hydrogen-bond acceptors (Lipinski definition) is 2. The minimum Gasteiger partial charge on any atom is -0.368 e. The number of aliphatic hydroxyl groups excluding tert-OH is 1. The van der Waals surface area contributed by atoms with Crippen molar-refractivity contribution in [2.45, 2.75) is 13.2 Å². The lowest BCUT2D eigenvalue weighted by Gasteiger charge is -1.99. The highest BCUT2D eigenvalue weighted by Crippen LogP contribution is 1.78. The standard InChI is InChI=1S/C4H9O2/c1-3-6-4(2)5/h4-5H,2-3H2,1H3. The molecule has 1 N–H and O–H groups in total. The molecule has 0 aliphatic rings. The van der Waals surface area contributed by atoms with Crippen molar-refractivity contribution in [1.29, 1.82) is 0 Å². The molecule has 0 spiro atoms. The zero-order chi connectivity index (χ0) is 4.99. The van der Waals surface area contributed by atoms with Crippen LogP contribution < -0.4 is 0 Å². The maximum atomic E-state index is 8.22. The Morgan fingerprint density at radius 1 is 2.00 bits per heavy atom. The summed E-state index contributed by atoms with van der Waals surface area (Å²) in [5.74, 6) is 0. The monoisotopic (exact) mass is 89.1 g/mol. The molecule has 0 aromatic carbocycles. The van der Waals surface area contributed by atoms with Crippen molar-refractivity contribution in [2.24, 2.45) is 0 Å². The van der Waals surface area contributed by atoms with Gasteiger partial charge in [0.1, 0.15) is 0 Å². The third-order valence-corrected chi connectivity index (χ3v) is 0.359. The van der Waals surface area contributed by atoms with Gasteiger partial charge in [-0.1, -0.05) is 0 Å². The molecule has 0 heterocycles. The zero-order valence-corrected chi connectivity index (χ0v) is 3.85. The first kappa shape index (κ1) is 5.92. The van der Waals surface area contributed by atoms with Crippen LogP contribution in [-0.4, -0.2) is 18.0 Å². The van der Waals surface area contributed by atoms with Gasteiger partial charge in [0.25, 0.3) is 0 Å². The van der Waals surface area contributed by atoms with Crippen molar-refractivity contribution in [3.05, 3.63) is 6.92 Å². The van der Waals surface area contributed by atoms with E-state index in [-0.39, 0.29) is 0 Å². The van der Waals surface area contributed by atoms with Crippen molar-refractivity contribution >= 4 is 0 Å². The van der Waals surface area contributed by atoms with Gasteiger partial charge in [0.15, 0.2) is 6.29 Å². The molecule has 37 valence electrons. The molecule has 0 amide bonds. The largest absolute Gasteiger partial charge is 0.368 e. The molecule has 0 bridgehead atoms. The quantitative estimate of drug-likeness (QED) is 0.489. The SMILES string of the molecule is [CH2]C(O)OCC. The van der Waals surface area contributed by atoms with Crippen LogP contribution in [0.2, 0.25) is 0 Å². The van der Waals surface area contributed by atoms with E-state index in [1.54, 1.807) is 6.92 Å². The van der Waals surface area contributed by atoms with Gasteiger partial charge in [0.05, 0.1) is 0 Å². The third kappa shape index (κ3) is 3.92. The molecule has 0 rings (SSSR count). The Labute approximate surface area is 37.7 Å². The maximum Gasteiger partial charge on any atom is 0.154 e. The topological polar surface area (TPSA) is 29.5 Å². The molecule has 0 fully saturated rings. The summed E-state index contributed by atoms with van der Waals surface area (Å²) < 4.78 is 4.49. The minimum absolute atomic E-state index is 0.519. The van der Waals surface area contributed by atoms with Gasteiger partial charge in [-0.25, -0.2) is 0 Å². The third-order valence-electron chi connectivity index (χ3n) is 0.359. The van der Waals surface area contributed by atoms with Gasteiger partial charge >= 0.3 is 0 Å². The summed E-state index contributed by atoms with van der Waals surface area (Å²) in [5.41, 5.74) is 0. The number of aliphatic hydroxyl groups is 1. The van der Waals surface area contributed by atoms with Gasteiger partial charge in [0.2, 0.25) is 0 Å². The molecule has 0 aromatic rings. The molecule has 0 aliphatic heterocycles. The van der Waals surface area contributed by atoms with Crippen LogP contribution in [0.5, 0.6) is 0 Å². The molecule has 0 aliphatic carbocycles. The molecule has 1 radical (unpaired) electrons. The number of ether oxygens (including phenoxy) is 1. The molecule has 1 atom stereocenters. The summed E-state index contributed by atoms with van der Waals surface area (Å²) in [6.07, 6.45) is -0.852. The Morgan fingerprint density at radius 2 is 2.50 bits per heavy atom. The van der Waals surface area contributed by atoms with E-state index in [4.69, 9.17) is 5.11 Å². The lowest BCUT2D eigenvalue weighted by atomic mass is 10.7. The van der Waals surface area contributed by atoms with Gasteiger partial charge in [-0.05, 0) is 6.92 Å². The smallest absolute Gasteiger partial charge is 0.154 e. The normalized spacial score (nSPS) is 14.5. The summed E-state index contributed by atoms with van der Waals surface area (Å²) in [7, 11) is 0. The first-order chi connectivity index (χ1) is 2.77. The predicted molar refractivity (Wildman–Crippen MR) is 23.0 cm³/mol. The highest BCUT2D eigenvalue weighted by atomic mass is 16.6. The van der Waals surface area contributed by atoms with Crippen LogP contribution in [-0.2, 0) is 4.74 Å². The minimum atomic E-state index is -0.852.